The Kier molecular flexibility index (Phi) is 7.61. The molecule has 10 heteroatoms. The second-order valence-corrected chi connectivity index (χ2v) is 7.13. The highest BCUT2D eigenvalue weighted by molar-refractivity contribution is 8.15. The lowest BCUT2D eigenvalue weighted by molar-refractivity contribution is 0.183. The molecule has 0 aliphatic heterocycles. The minimum atomic E-state index is -0.722. The number of nitrogens with zero attached hydrogens (tertiary/aromatic N) is 4. The summed E-state index contributed by atoms with van der Waals surface area (Å²) in [6.45, 7) is 1.73. The number of amides is 1. The molecule has 0 radical (unpaired) electrons. The minimum Gasteiger partial charge on any atom is -0.497 e. The van der Waals surface area contributed by atoms with Crippen molar-refractivity contribution in [2.24, 2.45) is 9.98 Å². The summed E-state index contributed by atoms with van der Waals surface area (Å²) in [5.41, 5.74) is 2.55. The fourth-order valence-corrected chi connectivity index (χ4v) is 3.26. The molecule has 2 aromatic carbocycles. The third-order valence-electron chi connectivity index (χ3n) is 4.28. The Morgan fingerprint density at radius 1 is 1.03 bits per heavy atom. The van der Waals surface area contributed by atoms with Crippen molar-refractivity contribution in [1.82, 2.24) is 10.1 Å². The van der Waals surface area contributed by atoms with Gasteiger partial charge in [-0.3, -0.25) is 0 Å². The van der Waals surface area contributed by atoms with Crippen LogP contribution in [0.5, 0.6) is 11.5 Å². The first-order valence-corrected chi connectivity index (χ1v) is 10.6. The van der Waals surface area contributed by atoms with E-state index in [0.29, 0.717) is 45.2 Å². The average Bonchev–Trinajstić information content (AvgIpc) is 3.27. The molecule has 0 aliphatic carbocycles. The van der Waals surface area contributed by atoms with Crippen LogP contribution in [0.4, 0.5) is 10.5 Å². The predicted molar refractivity (Wildman–Crippen MR) is 124 cm³/mol. The summed E-state index contributed by atoms with van der Waals surface area (Å²) in [4.78, 5) is 24.9. The van der Waals surface area contributed by atoms with Crippen LogP contribution >= 0.6 is 11.8 Å². The molecule has 0 aliphatic rings. The SMILES string of the molecule is COC(=O)N=C(SC)C(=Nc1ccc(-c2noc(C)n2)cc1)c1cc(OC)cc(OC)c1. The molecule has 0 N–H and O–H groups in total. The monoisotopic (exact) mass is 454 g/mol. The van der Waals surface area contributed by atoms with E-state index in [-0.39, 0.29) is 0 Å². The standard InChI is InChI=1S/C22H22N4O5S/c1-13-23-20(26-31-13)14-6-8-16(9-7-14)24-19(21(32-5)25-22(27)30-4)15-10-17(28-2)12-18(11-15)29-3/h6-12H,1-5H3. The van der Waals surface area contributed by atoms with Crippen molar-refractivity contribution in [3.05, 3.63) is 53.9 Å². The minimum absolute atomic E-state index is 0.380. The lowest BCUT2D eigenvalue weighted by Gasteiger charge is -2.12. The molecular formula is C22H22N4O5S. The van der Waals surface area contributed by atoms with Crippen molar-refractivity contribution >= 4 is 34.3 Å². The highest BCUT2D eigenvalue weighted by atomic mass is 32.2. The highest BCUT2D eigenvalue weighted by Gasteiger charge is 2.17. The lowest BCUT2D eigenvalue weighted by atomic mass is 10.1. The summed E-state index contributed by atoms with van der Waals surface area (Å²) in [6.07, 6.45) is 1.08. The molecule has 0 atom stereocenters. The molecule has 1 amide bonds. The summed E-state index contributed by atoms with van der Waals surface area (Å²) in [5.74, 6) is 2.13. The van der Waals surface area contributed by atoms with Crippen LogP contribution in [0.15, 0.2) is 57.0 Å². The Morgan fingerprint density at radius 2 is 1.69 bits per heavy atom. The molecule has 1 heterocycles. The first-order valence-electron chi connectivity index (χ1n) is 9.41. The average molecular weight is 455 g/mol. The zero-order chi connectivity index (χ0) is 23.1. The van der Waals surface area contributed by atoms with E-state index in [2.05, 4.69) is 15.1 Å². The van der Waals surface area contributed by atoms with Gasteiger partial charge >= 0.3 is 6.09 Å². The first-order chi connectivity index (χ1) is 15.5. The van der Waals surface area contributed by atoms with Crippen molar-refractivity contribution in [3.8, 4) is 22.9 Å². The van der Waals surface area contributed by atoms with Crippen LogP contribution in [0.3, 0.4) is 0 Å². The van der Waals surface area contributed by atoms with E-state index in [0.717, 1.165) is 5.56 Å². The van der Waals surface area contributed by atoms with Gasteiger partial charge in [0.25, 0.3) is 0 Å². The van der Waals surface area contributed by atoms with Gasteiger partial charge < -0.3 is 18.7 Å². The number of aryl methyl sites for hydroxylation is 1. The van der Waals surface area contributed by atoms with E-state index in [1.807, 2.05) is 24.3 Å². The maximum Gasteiger partial charge on any atom is 0.434 e. The molecule has 0 spiro atoms. The normalized spacial score (nSPS) is 11.9. The van der Waals surface area contributed by atoms with E-state index in [1.54, 1.807) is 45.6 Å². The smallest absolute Gasteiger partial charge is 0.434 e. The van der Waals surface area contributed by atoms with E-state index >= 15 is 0 Å². The van der Waals surface area contributed by atoms with Gasteiger partial charge in [-0.15, -0.1) is 11.8 Å². The van der Waals surface area contributed by atoms with E-state index in [4.69, 9.17) is 23.7 Å². The topological polar surface area (TPSA) is 108 Å². The maximum absolute atomic E-state index is 11.9. The van der Waals surface area contributed by atoms with Crippen molar-refractivity contribution in [2.45, 2.75) is 6.92 Å². The van der Waals surface area contributed by atoms with E-state index in [9.17, 15) is 4.79 Å². The van der Waals surface area contributed by atoms with Gasteiger partial charge in [0.1, 0.15) is 22.3 Å². The van der Waals surface area contributed by atoms with Crippen LogP contribution in [0, 0.1) is 6.92 Å². The summed E-state index contributed by atoms with van der Waals surface area (Å²) >= 11 is 1.27. The van der Waals surface area contributed by atoms with Gasteiger partial charge in [0.2, 0.25) is 11.7 Å². The Bertz CT molecular complexity index is 1130. The quantitative estimate of drug-likeness (QED) is 0.389. The zero-order valence-corrected chi connectivity index (χ0v) is 19.1. The van der Waals surface area contributed by atoms with E-state index < -0.39 is 6.09 Å². The number of rotatable bonds is 6. The molecule has 0 saturated carbocycles. The number of aliphatic imine (C=N–C) groups is 2. The molecule has 166 valence electrons. The van der Waals surface area contributed by atoms with Gasteiger partial charge in [-0.2, -0.15) is 9.98 Å². The molecule has 3 rings (SSSR count). The van der Waals surface area contributed by atoms with Crippen molar-refractivity contribution in [1.29, 1.82) is 0 Å². The number of benzene rings is 2. The summed E-state index contributed by atoms with van der Waals surface area (Å²) < 4.78 is 20.5. The third kappa shape index (κ3) is 5.52. The summed E-state index contributed by atoms with van der Waals surface area (Å²) in [7, 11) is 4.39. The highest BCUT2D eigenvalue weighted by Crippen LogP contribution is 2.27. The van der Waals surface area contributed by atoms with E-state index in [1.165, 1.54) is 18.9 Å². The number of thioether (sulfide) groups is 1. The third-order valence-corrected chi connectivity index (χ3v) is 4.95. The molecule has 3 aromatic rings. The van der Waals surface area contributed by atoms with Crippen LogP contribution in [-0.2, 0) is 4.74 Å². The number of aromatic nitrogens is 2. The molecule has 32 heavy (non-hydrogen) atoms. The molecule has 0 bridgehead atoms. The lowest BCUT2D eigenvalue weighted by Crippen LogP contribution is -2.15. The van der Waals surface area contributed by atoms with Crippen LogP contribution in [0.25, 0.3) is 11.4 Å². The molecule has 0 unspecified atom stereocenters. The number of hydrogen-bond acceptors (Lipinski definition) is 9. The number of carbonyl (C=O) groups excluding carboxylic acids is 1. The Hall–Kier alpha value is -3.66. The van der Waals surface area contributed by atoms with Gasteiger partial charge in [0.05, 0.1) is 27.0 Å². The molecule has 0 fully saturated rings. The maximum atomic E-state index is 11.9. The van der Waals surface area contributed by atoms with Crippen LogP contribution in [-0.4, -0.2) is 54.6 Å². The Balaban J connectivity index is 2.11. The fourth-order valence-electron chi connectivity index (χ4n) is 2.73. The largest absolute Gasteiger partial charge is 0.497 e. The first kappa shape index (κ1) is 23.0. The fraction of sp³-hybridized carbons (Fsp3) is 0.227. The van der Waals surface area contributed by atoms with Gasteiger partial charge in [-0.1, -0.05) is 5.16 Å². The van der Waals surface area contributed by atoms with Crippen LogP contribution < -0.4 is 9.47 Å². The number of ether oxygens (including phenoxy) is 3. The van der Waals surface area contributed by atoms with Crippen molar-refractivity contribution in [2.75, 3.05) is 27.6 Å². The molecule has 9 nitrogen and oxygen atoms in total. The van der Waals surface area contributed by atoms with Crippen molar-refractivity contribution in [3.63, 3.8) is 0 Å². The molecule has 0 saturated heterocycles. The van der Waals surface area contributed by atoms with Crippen LogP contribution in [0.2, 0.25) is 0 Å². The second-order valence-electron chi connectivity index (χ2n) is 6.34. The summed E-state index contributed by atoms with van der Waals surface area (Å²) in [5, 5.41) is 4.30. The van der Waals surface area contributed by atoms with Gasteiger partial charge in [-0.25, -0.2) is 9.79 Å². The van der Waals surface area contributed by atoms with Crippen LogP contribution in [0.1, 0.15) is 11.5 Å². The second kappa shape index (κ2) is 10.6. The number of hydrogen-bond donors (Lipinski definition) is 0. The predicted octanol–water partition coefficient (Wildman–Crippen LogP) is 4.71. The zero-order valence-electron chi connectivity index (χ0n) is 18.3. The van der Waals surface area contributed by atoms with Gasteiger partial charge in [0, 0.05) is 24.1 Å². The molecule has 1 aromatic heterocycles. The van der Waals surface area contributed by atoms with Gasteiger partial charge in [-0.05, 0) is 42.7 Å². The van der Waals surface area contributed by atoms with Gasteiger partial charge in [0.15, 0.2) is 0 Å². The Morgan fingerprint density at radius 3 is 2.19 bits per heavy atom. The number of methoxy groups -OCH3 is 3. The summed E-state index contributed by atoms with van der Waals surface area (Å²) in [6, 6.07) is 12.6. The Labute approximate surface area is 189 Å². The molecular weight excluding hydrogens is 432 g/mol. The number of carbonyl (C=O) groups is 1. The van der Waals surface area contributed by atoms with Crippen molar-refractivity contribution < 1.29 is 23.5 Å².